The summed E-state index contributed by atoms with van der Waals surface area (Å²) in [5.41, 5.74) is 12.4. The van der Waals surface area contributed by atoms with E-state index in [0.717, 1.165) is 31.2 Å². The van der Waals surface area contributed by atoms with Crippen LogP contribution >= 0.6 is 24.8 Å². The van der Waals surface area contributed by atoms with Gasteiger partial charge in [-0.3, -0.25) is 10.2 Å². The predicted molar refractivity (Wildman–Crippen MR) is 130 cm³/mol. The van der Waals surface area contributed by atoms with Crippen molar-refractivity contribution in [1.29, 1.82) is 5.41 Å². The zero-order valence-electron chi connectivity index (χ0n) is 18.5. The highest BCUT2D eigenvalue weighted by Gasteiger charge is 2.76. The molecule has 1 heterocycles. The molecular formula is C23H36Cl2N5O2+. The van der Waals surface area contributed by atoms with Gasteiger partial charge < -0.3 is 16.8 Å². The molecule has 7 nitrogen and oxygen atoms in total. The molecule has 178 valence electrons. The standard InChI is InChI=1S/C23H33N5O2.2ClH/c24-21(25)17-10-8-16(9-11-17)15-28(12-4-5-18-13-23(18,28)22(26)30)20(29)14-27-19-6-2-1-3-7-19;;/h8-11,18-19,27H,1-7,12-15H2,(H4-,24,25,26,30);2*1H/p+1/t18-,23+,28?;;/m1../s1. The van der Waals surface area contributed by atoms with Gasteiger partial charge in [0, 0.05) is 29.5 Å². The van der Waals surface area contributed by atoms with Crippen LogP contribution in [0.3, 0.4) is 0 Å². The van der Waals surface area contributed by atoms with E-state index in [9.17, 15) is 9.59 Å². The van der Waals surface area contributed by atoms with E-state index in [0.29, 0.717) is 31.1 Å². The van der Waals surface area contributed by atoms with Crippen LogP contribution in [0.5, 0.6) is 0 Å². The van der Waals surface area contributed by atoms with Gasteiger partial charge in [-0.25, -0.2) is 9.28 Å². The molecule has 0 aromatic heterocycles. The van der Waals surface area contributed by atoms with E-state index in [1.807, 2.05) is 24.3 Å². The number of primary amides is 1. The van der Waals surface area contributed by atoms with Gasteiger partial charge in [-0.15, -0.1) is 24.8 Å². The largest absolute Gasteiger partial charge is 0.384 e. The lowest BCUT2D eigenvalue weighted by Gasteiger charge is -2.45. The number of nitrogens with zero attached hydrogens (tertiary/aromatic N) is 1. The van der Waals surface area contributed by atoms with Crippen molar-refractivity contribution in [1.82, 2.24) is 5.32 Å². The number of rotatable bonds is 7. The first-order valence-corrected chi connectivity index (χ1v) is 11.3. The quantitative estimate of drug-likeness (QED) is 0.269. The Bertz CT molecular complexity index is 843. The zero-order chi connectivity index (χ0) is 21.4. The topological polar surface area (TPSA) is 122 Å². The maximum atomic E-state index is 13.7. The predicted octanol–water partition coefficient (Wildman–Crippen LogP) is 2.62. The summed E-state index contributed by atoms with van der Waals surface area (Å²) in [4.78, 5) is 26.4. The Morgan fingerprint density at radius 3 is 2.28 bits per heavy atom. The minimum absolute atomic E-state index is 0. The van der Waals surface area contributed by atoms with Crippen LogP contribution in [0.1, 0.15) is 62.5 Å². The molecule has 0 bridgehead atoms. The van der Waals surface area contributed by atoms with Crippen molar-refractivity contribution in [2.24, 2.45) is 17.4 Å². The Balaban J connectivity index is 0.00000181. The van der Waals surface area contributed by atoms with Crippen molar-refractivity contribution in [2.75, 3.05) is 13.1 Å². The smallest absolute Gasteiger partial charge is 0.328 e. The number of carbonyl (C=O) groups excluding carboxylic acids is 2. The summed E-state index contributed by atoms with van der Waals surface area (Å²) < 4.78 is 0.131. The molecule has 6 N–H and O–H groups in total. The minimum atomic E-state index is -0.761. The average molecular weight is 485 g/mol. The van der Waals surface area contributed by atoms with Gasteiger partial charge in [-0.05, 0) is 25.7 Å². The first-order valence-electron chi connectivity index (χ1n) is 11.3. The number of halogens is 2. The third-order valence-corrected chi connectivity index (χ3v) is 7.70. The SMILES string of the molecule is Cl.Cl.N=C(N)c1ccc(C[N+]2(C(=O)CNC3CCCCC3)CCC[C@@H]3C[C@@]32C(N)=O)cc1. The average Bonchev–Trinajstić information content (AvgIpc) is 3.50. The Morgan fingerprint density at radius 1 is 1.03 bits per heavy atom. The number of carbonyl (C=O) groups is 2. The highest BCUT2D eigenvalue weighted by molar-refractivity contribution is 5.95. The van der Waals surface area contributed by atoms with Crippen molar-refractivity contribution >= 4 is 42.5 Å². The Hall–Kier alpha value is -1.67. The lowest BCUT2D eigenvalue weighted by atomic mass is 9.94. The molecule has 3 fully saturated rings. The van der Waals surface area contributed by atoms with Gasteiger partial charge in [0.25, 0.3) is 5.91 Å². The number of quaternary nitrogens is 1. The summed E-state index contributed by atoms with van der Waals surface area (Å²) in [7, 11) is 0. The van der Waals surface area contributed by atoms with E-state index < -0.39 is 5.54 Å². The summed E-state index contributed by atoms with van der Waals surface area (Å²) in [6.07, 6.45) is 8.53. The number of nitrogen functional groups attached to an aromatic ring is 1. The number of nitrogens with one attached hydrogen (secondary N) is 2. The number of nitrogens with two attached hydrogens (primary N) is 2. The van der Waals surface area contributed by atoms with E-state index >= 15 is 0 Å². The molecule has 0 radical (unpaired) electrons. The lowest BCUT2D eigenvalue weighted by molar-refractivity contribution is -0.899. The van der Waals surface area contributed by atoms with E-state index in [-0.39, 0.29) is 59.4 Å². The molecule has 0 spiro atoms. The number of likely N-dealkylation sites (tertiary alicyclic amines) is 1. The third kappa shape index (κ3) is 4.67. The van der Waals surface area contributed by atoms with Gasteiger partial charge in [0.05, 0.1) is 6.54 Å². The summed E-state index contributed by atoms with van der Waals surface area (Å²) >= 11 is 0. The fourth-order valence-corrected chi connectivity index (χ4v) is 5.95. The number of fused-ring (bicyclic) bond motifs is 1. The van der Waals surface area contributed by atoms with Crippen LogP contribution in [0.2, 0.25) is 0 Å². The molecule has 1 saturated heterocycles. The van der Waals surface area contributed by atoms with Crippen molar-refractivity contribution in [3.63, 3.8) is 0 Å². The maximum absolute atomic E-state index is 13.7. The molecule has 2 amide bonds. The monoisotopic (exact) mass is 484 g/mol. The number of piperidine rings is 1. The van der Waals surface area contributed by atoms with Gasteiger partial charge in [-0.1, -0.05) is 43.5 Å². The van der Waals surface area contributed by atoms with Crippen LogP contribution in [0.25, 0.3) is 0 Å². The first kappa shape index (κ1) is 26.6. The van der Waals surface area contributed by atoms with Crippen molar-refractivity contribution in [2.45, 2.75) is 69.5 Å². The van der Waals surface area contributed by atoms with E-state index in [1.165, 1.54) is 19.3 Å². The van der Waals surface area contributed by atoms with Crippen LogP contribution in [-0.4, -0.2) is 46.8 Å². The molecule has 1 aliphatic heterocycles. The highest BCUT2D eigenvalue weighted by atomic mass is 35.5. The zero-order valence-corrected chi connectivity index (χ0v) is 20.1. The molecule has 1 aromatic carbocycles. The third-order valence-electron chi connectivity index (χ3n) is 7.70. The number of hydrogen-bond donors (Lipinski definition) is 4. The highest BCUT2D eigenvalue weighted by Crippen LogP contribution is 2.58. The second-order valence-electron chi connectivity index (χ2n) is 9.40. The summed E-state index contributed by atoms with van der Waals surface area (Å²) in [5, 5.41) is 11.1. The second kappa shape index (κ2) is 10.5. The number of benzene rings is 1. The van der Waals surface area contributed by atoms with E-state index in [1.54, 1.807) is 0 Å². The van der Waals surface area contributed by atoms with E-state index in [2.05, 4.69) is 5.32 Å². The second-order valence-corrected chi connectivity index (χ2v) is 9.40. The molecule has 1 unspecified atom stereocenters. The molecule has 2 aliphatic carbocycles. The van der Waals surface area contributed by atoms with Crippen LogP contribution < -0.4 is 16.8 Å². The summed E-state index contributed by atoms with van der Waals surface area (Å²) in [6, 6.07) is 7.84. The molecular weight excluding hydrogens is 449 g/mol. The maximum Gasteiger partial charge on any atom is 0.328 e. The van der Waals surface area contributed by atoms with E-state index in [4.69, 9.17) is 16.9 Å². The first-order chi connectivity index (χ1) is 14.4. The number of hydrogen-bond acceptors (Lipinski definition) is 4. The number of amides is 2. The van der Waals surface area contributed by atoms with Crippen molar-refractivity contribution < 1.29 is 14.1 Å². The Kier molecular flexibility index (Phi) is 8.73. The fraction of sp³-hybridized carbons (Fsp3) is 0.609. The van der Waals surface area contributed by atoms with Gasteiger partial charge >= 0.3 is 5.91 Å². The molecule has 2 saturated carbocycles. The summed E-state index contributed by atoms with van der Waals surface area (Å²) in [5.74, 6) is -0.0262. The Labute approximate surface area is 202 Å². The molecule has 32 heavy (non-hydrogen) atoms. The van der Waals surface area contributed by atoms with Gasteiger partial charge in [0.15, 0.2) is 5.54 Å². The molecule has 3 atom stereocenters. The van der Waals surface area contributed by atoms with Crippen LogP contribution in [0.4, 0.5) is 0 Å². The van der Waals surface area contributed by atoms with Gasteiger partial charge in [0.2, 0.25) is 0 Å². The van der Waals surface area contributed by atoms with Crippen molar-refractivity contribution in [3.8, 4) is 0 Å². The van der Waals surface area contributed by atoms with Crippen LogP contribution in [-0.2, 0) is 16.1 Å². The fourth-order valence-electron chi connectivity index (χ4n) is 5.95. The molecule has 1 aromatic rings. The lowest BCUT2D eigenvalue weighted by Crippen LogP contribution is -2.69. The van der Waals surface area contributed by atoms with Crippen LogP contribution in [0, 0.1) is 11.3 Å². The van der Waals surface area contributed by atoms with Gasteiger partial charge in [0.1, 0.15) is 18.9 Å². The van der Waals surface area contributed by atoms with Gasteiger partial charge in [-0.2, -0.15) is 0 Å². The summed E-state index contributed by atoms with van der Waals surface area (Å²) in [6.45, 7) is 1.40. The van der Waals surface area contributed by atoms with Crippen molar-refractivity contribution in [3.05, 3.63) is 35.4 Å². The minimum Gasteiger partial charge on any atom is -0.384 e. The molecule has 3 aliphatic rings. The van der Waals surface area contributed by atoms with Crippen LogP contribution in [0.15, 0.2) is 24.3 Å². The molecule has 9 heteroatoms. The number of amidine groups is 1. The Morgan fingerprint density at radius 2 is 1.69 bits per heavy atom. The normalized spacial score (nSPS) is 29.1. The molecule has 4 rings (SSSR count).